The number of amides is 1. The average Bonchev–Trinajstić information content (AvgIpc) is 2.46. The van der Waals surface area contributed by atoms with E-state index in [1.54, 1.807) is 0 Å². The number of benzene rings is 1. The smallest absolute Gasteiger partial charge is 0.230 e. The van der Waals surface area contributed by atoms with E-state index < -0.39 is 0 Å². The number of likely N-dealkylation sites (tertiary alicyclic amines) is 1. The second-order valence-electron chi connectivity index (χ2n) is 5.59. The highest BCUT2D eigenvalue weighted by molar-refractivity contribution is 5.85. The number of nitrogens with zero attached hydrogens (tertiary/aromatic N) is 1. The van der Waals surface area contributed by atoms with Crippen LogP contribution in [0, 0.1) is 5.92 Å². The minimum Gasteiger partial charge on any atom is -0.338 e. The number of piperidine rings is 1. The summed E-state index contributed by atoms with van der Waals surface area (Å²) in [4.78, 5) is 14.7. The molecule has 2 rings (SSSR count). The molecule has 0 aromatic heterocycles. The van der Waals surface area contributed by atoms with E-state index in [9.17, 15) is 4.79 Å². The van der Waals surface area contributed by atoms with Gasteiger partial charge in [-0.05, 0) is 31.2 Å². The first-order valence-corrected chi connectivity index (χ1v) is 7.20. The van der Waals surface area contributed by atoms with Gasteiger partial charge in [0, 0.05) is 19.1 Å². The Bertz CT molecular complexity index is 424. The van der Waals surface area contributed by atoms with Gasteiger partial charge in [-0.25, -0.2) is 0 Å². The van der Waals surface area contributed by atoms with Gasteiger partial charge in [0.15, 0.2) is 0 Å². The van der Waals surface area contributed by atoms with Crippen LogP contribution in [0.15, 0.2) is 30.3 Å². The Hall–Kier alpha value is -1.06. The van der Waals surface area contributed by atoms with Crippen molar-refractivity contribution in [1.82, 2.24) is 4.90 Å². The molecule has 1 aromatic carbocycles. The largest absolute Gasteiger partial charge is 0.338 e. The molecule has 2 N–H and O–H groups in total. The van der Waals surface area contributed by atoms with Crippen molar-refractivity contribution in [2.75, 3.05) is 13.1 Å². The van der Waals surface area contributed by atoms with Gasteiger partial charge in [-0.3, -0.25) is 4.79 Å². The molecular formula is C16H25ClN2O. The summed E-state index contributed by atoms with van der Waals surface area (Å²) in [6.07, 6.45) is 2.26. The van der Waals surface area contributed by atoms with Crippen LogP contribution in [-0.4, -0.2) is 29.9 Å². The van der Waals surface area contributed by atoms with Crippen LogP contribution in [-0.2, 0) is 4.79 Å². The van der Waals surface area contributed by atoms with Crippen molar-refractivity contribution in [2.45, 2.75) is 38.6 Å². The Morgan fingerprint density at radius 2 is 2.05 bits per heavy atom. The molecule has 112 valence electrons. The van der Waals surface area contributed by atoms with Crippen LogP contribution >= 0.6 is 12.4 Å². The fourth-order valence-electron chi connectivity index (χ4n) is 3.02. The molecule has 1 aromatic rings. The first kappa shape index (κ1) is 17.0. The van der Waals surface area contributed by atoms with Gasteiger partial charge in [0.2, 0.25) is 5.91 Å². The summed E-state index contributed by atoms with van der Waals surface area (Å²) in [5.74, 6) is 0.638. The van der Waals surface area contributed by atoms with Gasteiger partial charge < -0.3 is 10.6 Å². The van der Waals surface area contributed by atoms with E-state index in [1.165, 1.54) is 6.42 Å². The van der Waals surface area contributed by atoms with Gasteiger partial charge in [0.05, 0.1) is 5.92 Å². The number of carbonyl (C=O) groups excluding carboxylic acids is 1. The van der Waals surface area contributed by atoms with E-state index in [1.807, 2.05) is 42.2 Å². The summed E-state index contributed by atoms with van der Waals surface area (Å²) in [5.41, 5.74) is 6.95. The molecule has 1 saturated heterocycles. The highest BCUT2D eigenvalue weighted by Crippen LogP contribution is 2.26. The number of carbonyl (C=O) groups is 1. The molecular weight excluding hydrogens is 272 g/mol. The lowest BCUT2D eigenvalue weighted by Gasteiger charge is -2.40. The van der Waals surface area contributed by atoms with E-state index in [-0.39, 0.29) is 30.3 Å². The van der Waals surface area contributed by atoms with Crippen LogP contribution < -0.4 is 5.73 Å². The summed E-state index contributed by atoms with van der Waals surface area (Å²) in [6, 6.07) is 10.2. The van der Waals surface area contributed by atoms with Crippen molar-refractivity contribution in [3.63, 3.8) is 0 Å². The van der Waals surface area contributed by atoms with Gasteiger partial charge in [-0.15, -0.1) is 12.4 Å². The van der Waals surface area contributed by atoms with Crippen molar-refractivity contribution < 1.29 is 4.79 Å². The topological polar surface area (TPSA) is 46.3 Å². The minimum absolute atomic E-state index is 0. The summed E-state index contributed by atoms with van der Waals surface area (Å²) < 4.78 is 0. The van der Waals surface area contributed by atoms with Gasteiger partial charge in [0.1, 0.15) is 0 Å². The molecule has 3 nitrogen and oxygen atoms in total. The third kappa shape index (κ3) is 3.53. The molecule has 1 amide bonds. The fraction of sp³-hybridized carbons (Fsp3) is 0.562. The molecule has 0 saturated carbocycles. The molecule has 4 heteroatoms. The Morgan fingerprint density at radius 1 is 1.40 bits per heavy atom. The average molecular weight is 297 g/mol. The predicted molar refractivity (Wildman–Crippen MR) is 85.1 cm³/mol. The van der Waals surface area contributed by atoms with Crippen LogP contribution in [0.4, 0.5) is 0 Å². The molecule has 3 atom stereocenters. The predicted octanol–water partition coefficient (Wildman–Crippen LogP) is 2.80. The van der Waals surface area contributed by atoms with Crippen molar-refractivity contribution >= 4 is 18.3 Å². The number of nitrogens with two attached hydrogens (primary N) is 1. The lowest BCUT2D eigenvalue weighted by Crippen LogP contribution is -2.52. The molecule has 0 radical (unpaired) electrons. The van der Waals surface area contributed by atoms with Crippen molar-refractivity contribution in [2.24, 2.45) is 11.7 Å². The van der Waals surface area contributed by atoms with Crippen molar-refractivity contribution in [3.05, 3.63) is 35.9 Å². The van der Waals surface area contributed by atoms with E-state index in [2.05, 4.69) is 6.92 Å². The van der Waals surface area contributed by atoms with E-state index in [4.69, 9.17) is 5.73 Å². The van der Waals surface area contributed by atoms with Crippen LogP contribution in [0.1, 0.15) is 38.2 Å². The third-order valence-corrected chi connectivity index (χ3v) is 4.31. The van der Waals surface area contributed by atoms with E-state index in [0.29, 0.717) is 12.5 Å². The Balaban J connectivity index is 0.00000200. The molecule has 1 fully saturated rings. The van der Waals surface area contributed by atoms with Gasteiger partial charge in [0.25, 0.3) is 0 Å². The van der Waals surface area contributed by atoms with Crippen LogP contribution in [0.2, 0.25) is 0 Å². The van der Waals surface area contributed by atoms with Gasteiger partial charge in [-0.2, -0.15) is 0 Å². The molecule has 0 spiro atoms. The van der Waals surface area contributed by atoms with Crippen molar-refractivity contribution in [3.8, 4) is 0 Å². The highest BCUT2D eigenvalue weighted by Gasteiger charge is 2.33. The number of rotatable bonds is 3. The summed E-state index contributed by atoms with van der Waals surface area (Å²) in [5, 5.41) is 0. The standard InChI is InChI=1S/C16H24N2O.ClH/c1-12-7-6-10-18(15(12)11-17)16(19)13(2)14-8-4-3-5-9-14;/h3-5,8-9,12-13,15H,6-7,10-11,17H2,1-2H3;1H. The Labute approximate surface area is 127 Å². The fourth-order valence-corrected chi connectivity index (χ4v) is 3.02. The Kier molecular flexibility index (Phi) is 6.50. The van der Waals surface area contributed by atoms with Gasteiger partial charge in [-0.1, -0.05) is 37.3 Å². The molecule has 1 heterocycles. The van der Waals surface area contributed by atoms with Crippen molar-refractivity contribution in [1.29, 1.82) is 0 Å². The minimum atomic E-state index is -0.0828. The molecule has 0 bridgehead atoms. The highest BCUT2D eigenvalue weighted by atomic mass is 35.5. The molecule has 0 aliphatic carbocycles. The monoisotopic (exact) mass is 296 g/mol. The maximum Gasteiger partial charge on any atom is 0.230 e. The normalized spacial score (nSPS) is 23.9. The first-order valence-electron chi connectivity index (χ1n) is 7.20. The summed E-state index contributed by atoms with van der Waals surface area (Å²) in [6.45, 7) is 5.60. The Morgan fingerprint density at radius 3 is 2.65 bits per heavy atom. The molecule has 20 heavy (non-hydrogen) atoms. The van der Waals surface area contributed by atoms with E-state index in [0.717, 1.165) is 18.5 Å². The first-order chi connectivity index (χ1) is 9.15. The SMILES string of the molecule is CC(C(=O)N1CCCC(C)C1CN)c1ccccc1.Cl. The van der Waals surface area contributed by atoms with Crippen LogP contribution in [0.5, 0.6) is 0 Å². The quantitative estimate of drug-likeness (QED) is 0.932. The van der Waals surface area contributed by atoms with E-state index >= 15 is 0 Å². The number of halogens is 1. The maximum absolute atomic E-state index is 12.7. The van der Waals surface area contributed by atoms with Crippen LogP contribution in [0.3, 0.4) is 0 Å². The molecule has 1 aliphatic rings. The zero-order valence-electron chi connectivity index (χ0n) is 12.3. The second kappa shape index (κ2) is 7.65. The maximum atomic E-state index is 12.7. The molecule has 1 aliphatic heterocycles. The lowest BCUT2D eigenvalue weighted by atomic mass is 9.89. The zero-order valence-corrected chi connectivity index (χ0v) is 13.1. The summed E-state index contributed by atoms with van der Waals surface area (Å²) in [7, 11) is 0. The summed E-state index contributed by atoms with van der Waals surface area (Å²) >= 11 is 0. The number of hydrogen-bond donors (Lipinski definition) is 1. The van der Waals surface area contributed by atoms with Crippen LogP contribution in [0.25, 0.3) is 0 Å². The molecule has 3 unspecified atom stereocenters. The number of hydrogen-bond acceptors (Lipinski definition) is 2. The zero-order chi connectivity index (χ0) is 13.8. The lowest BCUT2D eigenvalue weighted by molar-refractivity contribution is -0.137. The second-order valence-corrected chi connectivity index (χ2v) is 5.59. The third-order valence-electron chi connectivity index (χ3n) is 4.31. The van der Waals surface area contributed by atoms with Gasteiger partial charge >= 0.3 is 0 Å².